The van der Waals surface area contributed by atoms with E-state index in [4.69, 9.17) is 16.3 Å². The second-order valence-corrected chi connectivity index (χ2v) is 5.27. The van der Waals surface area contributed by atoms with Gasteiger partial charge in [0.25, 0.3) is 0 Å². The van der Waals surface area contributed by atoms with E-state index < -0.39 is 5.97 Å². The number of ether oxygens (including phenoxy) is 1. The molecule has 112 valence electrons. The molecule has 0 saturated carbocycles. The number of hydrogen-bond donors (Lipinski definition) is 1. The van der Waals surface area contributed by atoms with Gasteiger partial charge in [-0.2, -0.15) is 0 Å². The molecule has 3 rings (SSSR count). The monoisotopic (exact) mass is 314 g/mol. The van der Waals surface area contributed by atoms with E-state index in [-0.39, 0.29) is 6.61 Å². The van der Waals surface area contributed by atoms with Crippen LogP contribution in [0.5, 0.6) is 0 Å². The lowest BCUT2D eigenvalue weighted by Gasteiger charge is -2.09. The summed E-state index contributed by atoms with van der Waals surface area (Å²) in [5, 5.41) is 3.60. The van der Waals surface area contributed by atoms with Crippen LogP contribution in [-0.4, -0.2) is 25.0 Å². The summed E-state index contributed by atoms with van der Waals surface area (Å²) in [6.07, 6.45) is 0. The van der Waals surface area contributed by atoms with Crippen LogP contribution in [-0.2, 0) is 11.3 Å². The van der Waals surface area contributed by atoms with Crippen molar-refractivity contribution in [3.8, 4) is 0 Å². The first-order valence-electron chi connectivity index (χ1n) is 7.04. The third-order valence-electron chi connectivity index (χ3n) is 3.40. The molecule has 0 aliphatic carbocycles. The average Bonchev–Trinajstić information content (AvgIpc) is 2.95. The highest BCUT2D eigenvalue weighted by Crippen LogP contribution is 2.17. The molecule has 0 fully saturated rings. The molecular weight excluding hydrogens is 300 g/mol. The van der Waals surface area contributed by atoms with Crippen molar-refractivity contribution < 1.29 is 9.53 Å². The number of fused-ring (bicyclic) bond motifs is 1. The Kier molecular flexibility index (Phi) is 4.39. The van der Waals surface area contributed by atoms with Crippen molar-refractivity contribution in [2.75, 3.05) is 13.2 Å². The number of aliphatic imine (C=N–C) groups is 1. The molecule has 0 amide bonds. The van der Waals surface area contributed by atoms with E-state index in [0.29, 0.717) is 23.7 Å². The van der Waals surface area contributed by atoms with Gasteiger partial charge in [-0.15, -0.1) is 0 Å². The van der Waals surface area contributed by atoms with Gasteiger partial charge in [-0.25, -0.2) is 4.79 Å². The van der Waals surface area contributed by atoms with Crippen molar-refractivity contribution in [1.82, 2.24) is 5.32 Å². The molecule has 0 radical (unpaired) electrons. The number of carbonyl (C=O) groups is 1. The summed E-state index contributed by atoms with van der Waals surface area (Å²) < 4.78 is 5.22. The maximum atomic E-state index is 11.9. The summed E-state index contributed by atoms with van der Waals surface area (Å²) in [4.78, 5) is 16.3. The molecule has 2 aromatic rings. The normalized spacial score (nSPS) is 12.5. The fourth-order valence-electron chi connectivity index (χ4n) is 2.31. The molecule has 5 heteroatoms. The molecule has 1 N–H and O–H groups in total. The molecule has 2 aromatic carbocycles. The lowest BCUT2D eigenvalue weighted by Crippen LogP contribution is -2.28. The van der Waals surface area contributed by atoms with E-state index in [2.05, 4.69) is 16.4 Å². The number of halogens is 1. The van der Waals surface area contributed by atoms with Gasteiger partial charge in [-0.1, -0.05) is 48.0 Å². The van der Waals surface area contributed by atoms with Crippen molar-refractivity contribution >= 4 is 23.4 Å². The van der Waals surface area contributed by atoms with Crippen LogP contribution in [0.3, 0.4) is 0 Å². The Bertz CT molecular complexity index is 728. The summed E-state index contributed by atoms with van der Waals surface area (Å²) >= 11 is 5.96. The SMILES string of the molecule is O=C(OCCNC1=NCc2ccccc21)c1ccccc1Cl. The van der Waals surface area contributed by atoms with Crippen LogP contribution in [0.25, 0.3) is 0 Å². The molecule has 22 heavy (non-hydrogen) atoms. The maximum Gasteiger partial charge on any atom is 0.339 e. The molecule has 1 heterocycles. The number of carbonyl (C=O) groups excluding carboxylic acids is 1. The van der Waals surface area contributed by atoms with E-state index in [9.17, 15) is 4.79 Å². The number of rotatable bonds is 4. The fraction of sp³-hybridized carbons (Fsp3) is 0.176. The van der Waals surface area contributed by atoms with Gasteiger partial charge in [-0.05, 0) is 17.7 Å². The quantitative estimate of drug-likeness (QED) is 0.697. The van der Waals surface area contributed by atoms with E-state index in [0.717, 1.165) is 11.4 Å². The van der Waals surface area contributed by atoms with Gasteiger partial charge in [0.05, 0.1) is 23.7 Å². The van der Waals surface area contributed by atoms with Gasteiger partial charge in [0.1, 0.15) is 12.4 Å². The predicted octanol–water partition coefficient (Wildman–Crippen LogP) is 3.05. The highest BCUT2D eigenvalue weighted by Gasteiger charge is 2.15. The highest BCUT2D eigenvalue weighted by molar-refractivity contribution is 6.33. The van der Waals surface area contributed by atoms with Crippen molar-refractivity contribution in [3.05, 3.63) is 70.2 Å². The minimum absolute atomic E-state index is 0.255. The molecule has 0 atom stereocenters. The van der Waals surface area contributed by atoms with Crippen LogP contribution in [0, 0.1) is 0 Å². The van der Waals surface area contributed by atoms with E-state index >= 15 is 0 Å². The van der Waals surface area contributed by atoms with E-state index in [1.165, 1.54) is 5.56 Å². The number of benzene rings is 2. The lowest BCUT2D eigenvalue weighted by molar-refractivity contribution is 0.0513. The van der Waals surface area contributed by atoms with Crippen LogP contribution in [0.2, 0.25) is 5.02 Å². The van der Waals surface area contributed by atoms with Crippen LogP contribution >= 0.6 is 11.6 Å². The second kappa shape index (κ2) is 6.62. The summed E-state index contributed by atoms with van der Waals surface area (Å²) in [6, 6.07) is 14.9. The topological polar surface area (TPSA) is 50.7 Å². The summed E-state index contributed by atoms with van der Waals surface area (Å²) in [6.45, 7) is 1.45. The number of hydrogen-bond acceptors (Lipinski definition) is 4. The largest absolute Gasteiger partial charge is 0.460 e. The first kappa shape index (κ1) is 14.6. The zero-order chi connectivity index (χ0) is 15.4. The Morgan fingerprint density at radius 2 is 1.95 bits per heavy atom. The number of amidine groups is 1. The number of esters is 1. The van der Waals surface area contributed by atoms with Crippen molar-refractivity contribution in [2.24, 2.45) is 4.99 Å². The highest BCUT2D eigenvalue weighted by atomic mass is 35.5. The molecule has 4 nitrogen and oxygen atoms in total. The van der Waals surface area contributed by atoms with Crippen LogP contribution in [0.4, 0.5) is 0 Å². The van der Waals surface area contributed by atoms with E-state index in [1.807, 2.05) is 18.2 Å². The molecule has 0 unspecified atom stereocenters. The minimum atomic E-state index is -0.416. The first-order valence-corrected chi connectivity index (χ1v) is 7.42. The fourth-order valence-corrected chi connectivity index (χ4v) is 2.52. The Hall–Kier alpha value is -2.33. The van der Waals surface area contributed by atoms with Crippen molar-refractivity contribution in [1.29, 1.82) is 0 Å². The third kappa shape index (κ3) is 3.12. The van der Waals surface area contributed by atoms with Crippen LogP contribution in [0.1, 0.15) is 21.5 Å². The van der Waals surface area contributed by atoms with Gasteiger partial charge in [0.2, 0.25) is 0 Å². The average molecular weight is 315 g/mol. The van der Waals surface area contributed by atoms with Crippen LogP contribution in [0.15, 0.2) is 53.5 Å². The molecule has 0 bridgehead atoms. The Labute approximate surface area is 133 Å². The minimum Gasteiger partial charge on any atom is -0.460 e. The summed E-state index contributed by atoms with van der Waals surface area (Å²) in [7, 11) is 0. The molecule has 0 spiro atoms. The molecule has 0 aromatic heterocycles. The molecular formula is C17H15ClN2O2. The predicted molar refractivity (Wildman–Crippen MR) is 86.4 cm³/mol. The Morgan fingerprint density at radius 1 is 1.18 bits per heavy atom. The first-order chi connectivity index (χ1) is 10.8. The number of nitrogens with one attached hydrogen (secondary N) is 1. The van der Waals surface area contributed by atoms with Gasteiger partial charge >= 0.3 is 5.97 Å². The van der Waals surface area contributed by atoms with Crippen LogP contribution < -0.4 is 5.32 Å². The molecule has 0 saturated heterocycles. The van der Waals surface area contributed by atoms with Gasteiger partial charge in [-0.3, -0.25) is 4.99 Å². The van der Waals surface area contributed by atoms with Gasteiger partial charge < -0.3 is 10.1 Å². The van der Waals surface area contributed by atoms with Crippen molar-refractivity contribution in [2.45, 2.75) is 6.54 Å². The summed E-state index contributed by atoms with van der Waals surface area (Å²) in [5.41, 5.74) is 2.70. The third-order valence-corrected chi connectivity index (χ3v) is 3.73. The Morgan fingerprint density at radius 3 is 2.82 bits per heavy atom. The molecule has 1 aliphatic heterocycles. The zero-order valence-corrected chi connectivity index (χ0v) is 12.6. The second-order valence-electron chi connectivity index (χ2n) is 4.86. The number of nitrogens with zero attached hydrogens (tertiary/aromatic N) is 1. The Balaban J connectivity index is 1.49. The standard InChI is InChI=1S/C17H15ClN2O2/c18-15-8-4-3-7-14(15)17(21)22-10-9-19-16-13-6-2-1-5-12(13)11-20-16/h1-8H,9-11H2,(H,19,20). The summed E-state index contributed by atoms with van der Waals surface area (Å²) in [5.74, 6) is 0.436. The lowest BCUT2D eigenvalue weighted by atomic mass is 10.1. The zero-order valence-electron chi connectivity index (χ0n) is 11.9. The van der Waals surface area contributed by atoms with Crippen molar-refractivity contribution in [3.63, 3.8) is 0 Å². The maximum absolute atomic E-state index is 11.9. The molecule has 1 aliphatic rings. The van der Waals surface area contributed by atoms with E-state index in [1.54, 1.807) is 24.3 Å². The van der Waals surface area contributed by atoms with Gasteiger partial charge in [0.15, 0.2) is 0 Å². The van der Waals surface area contributed by atoms with Gasteiger partial charge in [0, 0.05) is 5.56 Å². The smallest absolute Gasteiger partial charge is 0.339 e.